The van der Waals surface area contributed by atoms with E-state index in [4.69, 9.17) is 14.2 Å². The molecule has 8 heteroatoms. The zero-order valence-corrected chi connectivity index (χ0v) is 16.0. The highest BCUT2D eigenvalue weighted by atomic mass is 16.6. The first-order valence-electron chi connectivity index (χ1n) is 9.09. The lowest BCUT2D eigenvalue weighted by atomic mass is 10.1. The number of nitrogens with zero attached hydrogens (tertiary/aromatic N) is 2. The molecule has 0 N–H and O–H groups in total. The number of likely N-dealkylation sites (N-methyl/N-ethyl adjacent to an activating group) is 1. The molecule has 2 amide bonds. The van der Waals surface area contributed by atoms with E-state index in [9.17, 15) is 14.4 Å². The van der Waals surface area contributed by atoms with Crippen molar-refractivity contribution in [3.05, 3.63) is 48.6 Å². The zero-order valence-electron chi connectivity index (χ0n) is 16.0. The second kappa shape index (κ2) is 11.1. The molecule has 152 valence electrons. The summed E-state index contributed by atoms with van der Waals surface area (Å²) in [5.74, 6) is -0.906. The van der Waals surface area contributed by atoms with Gasteiger partial charge in [0.2, 0.25) is 5.91 Å². The number of carbonyl (C=O) groups excluding carboxylic acids is 3. The average Bonchev–Trinajstić information content (AvgIpc) is 2.74. The Morgan fingerprint density at radius 1 is 1.21 bits per heavy atom. The van der Waals surface area contributed by atoms with E-state index in [2.05, 4.69) is 6.58 Å². The van der Waals surface area contributed by atoms with Crippen LogP contribution in [0, 0.1) is 0 Å². The molecule has 1 fully saturated rings. The third-order valence-corrected chi connectivity index (χ3v) is 4.29. The Labute approximate surface area is 164 Å². The van der Waals surface area contributed by atoms with Gasteiger partial charge < -0.3 is 19.1 Å². The van der Waals surface area contributed by atoms with Crippen LogP contribution in [0.1, 0.15) is 12.0 Å². The summed E-state index contributed by atoms with van der Waals surface area (Å²) in [6.07, 6.45) is 0.462. The molecule has 1 atom stereocenters. The minimum atomic E-state index is -1.02. The summed E-state index contributed by atoms with van der Waals surface area (Å²) in [5.41, 5.74) is 0.839. The normalized spacial score (nSPS) is 14.7. The largest absolute Gasteiger partial charge is 0.461 e. The second-order valence-electron chi connectivity index (χ2n) is 6.28. The molecule has 0 aliphatic carbocycles. The number of rotatable bonds is 8. The maximum atomic E-state index is 12.9. The van der Waals surface area contributed by atoms with Crippen molar-refractivity contribution in [1.29, 1.82) is 0 Å². The van der Waals surface area contributed by atoms with Crippen LogP contribution in [0.5, 0.6) is 0 Å². The highest BCUT2D eigenvalue weighted by Crippen LogP contribution is 2.13. The van der Waals surface area contributed by atoms with Crippen molar-refractivity contribution in [2.45, 2.75) is 19.1 Å². The maximum Gasteiger partial charge on any atom is 0.410 e. The Kier molecular flexibility index (Phi) is 8.48. The Morgan fingerprint density at radius 3 is 2.54 bits per heavy atom. The number of esters is 1. The van der Waals surface area contributed by atoms with Crippen LogP contribution < -0.4 is 0 Å². The van der Waals surface area contributed by atoms with E-state index < -0.39 is 18.1 Å². The molecule has 1 heterocycles. The van der Waals surface area contributed by atoms with E-state index >= 15 is 0 Å². The van der Waals surface area contributed by atoms with E-state index in [0.29, 0.717) is 26.3 Å². The van der Waals surface area contributed by atoms with Gasteiger partial charge in [0.05, 0.1) is 19.6 Å². The highest BCUT2D eigenvalue weighted by molar-refractivity contribution is 5.89. The van der Waals surface area contributed by atoms with E-state index in [0.717, 1.165) is 10.5 Å². The summed E-state index contributed by atoms with van der Waals surface area (Å²) in [7, 11) is 1.43. The van der Waals surface area contributed by atoms with Crippen LogP contribution >= 0.6 is 0 Å². The molecule has 1 saturated heterocycles. The van der Waals surface area contributed by atoms with Crippen LogP contribution in [0.25, 0.3) is 0 Å². The van der Waals surface area contributed by atoms with E-state index in [1.165, 1.54) is 13.1 Å². The van der Waals surface area contributed by atoms with Gasteiger partial charge in [-0.15, -0.1) is 0 Å². The molecule has 1 aliphatic rings. The first-order chi connectivity index (χ1) is 13.5. The van der Waals surface area contributed by atoms with E-state index in [1.54, 1.807) is 4.90 Å². The van der Waals surface area contributed by atoms with Gasteiger partial charge in [0.25, 0.3) is 0 Å². The first kappa shape index (κ1) is 21.4. The van der Waals surface area contributed by atoms with Crippen molar-refractivity contribution >= 4 is 18.0 Å². The SMILES string of the molecule is C=CCOC(=O)N(C)C(CC(=O)OCc1ccccc1)C(=O)N1CCOCC1. The lowest BCUT2D eigenvalue weighted by Crippen LogP contribution is -2.53. The minimum absolute atomic E-state index is 0.0140. The van der Waals surface area contributed by atoms with Gasteiger partial charge in [-0.05, 0) is 5.56 Å². The standard InChI is InChI=1S/C20H26N2O6/c1-3-11-27-20(25)21(2)17(19(24)22-9-12-26-13-10-22)14-18(23)28-15-16-7-5-4-6-8-16/h3-8,17H,1,9-15H2,2H3. The fraction of sp³-hybridized carbons (Fsp3) is 0.450. The van der Waals surface area contributed by atoms with Crippen molar-refractivity contribution in [2.75, 3.05) is 40.0 Å². The van der Waals surface area contributed by atoms with Crippen molar-refractivity contribution in [3.63, 3.8) is 0 Å². The van der Waals surface area contributed by atoms with Crippen molar-refractivity contribution in [3.8, 4) is 0 Å². The number of benzene rings is 1. The quantitative estimate of drug-likeness (QED) is 0.495. The summed E-state index contributed by atoms with van der Waals surface area (Å²) >= 11 is 0. The monoisotopic (exact) mass is 390 g/mol. The van der Waals surface area contributed by atoms with Gasteiger partial charge in [0.1, 0.15) is 19.3 Å². The van der Waals surface area contributed by atoms with Gasteiger partial charge in [0.15, 0.2) is 0 Å². The van der Waals surface area contributed by atoms with Gasteiger partial charge in [-0.3, -0.25) is 14.5 Å². The molecule has 1 unspecified atom stereocenters. The fourth-order valence-electron chi connectivity index (χ4n) is 2.70. The van der Waals surface area contributed by atoms with E-state index in [1.807, 2.05) is 30.3 Å². The van der Waals surface area contributed by atoms with Crippen molar-refractivity contribution < 1.29 is 28.6 Å². The van der Waals surface area contributed by atoms with Crippen molar-refractivity contribution in [1.82, 2.24) is 9.80 Å². The first-order valence-corrected chi connectivity index (χ1v) is 9.09. The molecular weight excluding hydrogens is 364 g/mol. The topological polar surface area (TPSA) is 85.4 Å². The molecule has 0 bridgehead atoms. The molecule has 28 heavy (non-hydrogen) atoms. The third-order valence-electron chi connectivity index (χ3n) is 4.29. The predicted molar refractivity (Wildman–Crippen MR) is 101 cm³/mol. The Balaban J connectivity index is 2.03. The Morgan fingerprint density at radius 2 is 1.89 bits per heavy atom. The van der Waals surface area contributed by atoms with Crippen LogP contribution in [0.2, 0.25) is 0 Å². The highest BCUT2D eigenvalue weighted by Gasteiger charge is 2.34. The second-order valence-corrected chi connectivity index (χ2v) is 6.28. The van der Waals surface area contributed by atoms with Gasteiger partial charge in [-0.1, -0.05) is 43.0 Å². The van der Waals surface area contributed by atoms with Gasteiger partial charge in [-0.25, -0.2) is 4.79 Å². The smallest absolute Gasteiger partial charge is 0.410 e. The van der Waals surface area contributed by atoms with Gasteiger partial charge >= 0.3 is 12.1 Å². The Hall–Kier alpha value is -2.87. The van der Waals surface area contributed by atoms with E-state index in [-0.39, 0.29) is 25.5 Å². The number of morpholine rings is 1. The third kappa shape index (κ3) is 6.38. The van der Waals surface area contributed by atoms with Crippen LogP contribution in [-0.4, -0.2) is 73.8 Å². The summed E-state index contributed by atoms with van der Waals surface area (Å²) in [4.78, 5) is 40.2. The molecule has 1 aromatic rings. The Bertz CT molecular complexity index is 673. The number of carbonyl (C=O) groups is 3. The molecule has 0 aromatic heterocycles. The fourth-order valence-corrected chi connectivity index (χ4v) is 2.70. The molecule has 1 aliphatic heterocycles. The van der Waals surface area contributed by atoms with Crippen LogP contribution in [0.15, 0.2) is 43.0 Å². The summed E-state index contributed by atoms with van der Waals surface area (Å²) in [5, 5.41) is 0. The van der Waals surface area contributed by atoms with Crippen molar-refractivity contribution in [2.24, 2.45) is 0 Å². The molecule has 0 radical (unpaired) electrons. The number of hydrogen-bond acceptors (Lipinski definition) is 6. The summed E-state index contributed by atoms with van der Waals surface area (Å²) in [6, 6.07) is 8.21. The molecule has 2 rings (SSSR count). The number of amides is 2. The number of ether oxygens (including phenoxy) is 3. The maximum absolute atomic E-state index is 12.9. The molecule has 8 nitrogen and oxygen atoms in total. The summed E-state index contributed by atoms with van der Waals surface area (Å²) < 4.78 is 15.5. The lowest BCUT2D eigenvalue weighted by Gasteiger charge is -2.33. The molecule has 0 saturated carbocycles. The van der Waals surface area contributed by atoms with Crippen LogP contribution in [-0.2, 0) is 30.4 Å². The summed E-state index contributed by atoms with van der Waals surface area (Å²) in [6.45, 7) is 5.25. The minimum Gasteiger partial charge on any atom is -0.461 e. The molecule has 0 spiro atoms. The molecule has 1 aromatic carbocycles. The average molecular weight is 390 g/mol. The molecular formula is C20H26N2O6. The lowest BCUT2D eigenvalue weighted by molar-refractivity contribution is -0.151. The van der Waals surface area contributed by atoms with Crippen LogP contribution in [0.3, 0.4) is 0 Å². The zero-order chi connectivity index (χ0) is 20.4. The van der Waals surface area contributed by atoms with Gasteiger partial charge in [-0.2, -0.15) is 0 Å². The number of hydrogen-bond donors (Lipinski definition) is 0. The van der Waals surface area contributed by atoms with Gasteiger partial charge in [0, 0.05) is 20.1 Å². The van der Waals surface area contributed by atoms with Crippen LogP contribution in [0.4, 0.5) is 4.79 Å². The predicted octanol–water partition coefficient (Wildman–Crippen LogP) is 1.60.